The number of ether oxygens (including phenoxy) is 1. The van der Waals surface area contributed by atoms with E-state index in [9.17, 15) is 20.1 Å². The number of hydrogen-bond acceptors (Lipinski definition) is 5. The zero-order valence-electron chi connectivity index (χ0n) is 17.9. The van der Waals surface area contributed by atoms with Crippen LogP contribution in [0.15, 0.2) is 66.7 Å². The second kappa shape index (κ2) is 9.42. The van der Waals surface area contributed by atoms with E-state index in [0.717, 1.165) is 11.1 Å². The fraction of sp³-hybridized carbons (Fsp3) is 0.269. The molecular formula is C26H27NO5. The number of aliphatic hydroxyl groups is 2. The monoisotopic (exact) mass is 433 g/mol. The summed E-state index contributed by atoms with van der Waals surface area (Å²) >= 11 is 0. The number of hydrogen-bond donors (Lipinski definition) is 4. The summed E-state index contributed by atoms with van der Waals surface area (Å²) < 4.78 is 5.48. The molecule has 0 spiro atoms. The molecule has 1 amide bonds. The largest absolute Gasteiger partial charge is 0.508 e. The summed E-state index contributed by atoms with van der Waals surface area (Å²) in [6, 6.07) is 20.8. The van der Waals surface area contributed by atoms with E-state index in [2.05, 4.69) is 29.6 Å². The number of nitrogens with one attached hydrogen (secondary N) is 1. The summed E-state index contributed by atoms with van der Waals surface area (Å²) in [4.78, 5) is 12.2. The maximum atomic E-state index is 12.2. The van der Waals surface area contributed by atoms with Crippen molar-refractivity contribution in [2.75, 3.05) is 13.2 Å². The van der Waals surface area contributed by atoms with Crippen LogP contribution >= 0.6 is 0 Å². The summed E-state index contributed by atoms with van der Waals surface area (Å²) in [5.41, 5.74) is 5.84. The molecule has 6 heteroatoms. The molecule has 0 saturated carbocycles. The highest BCUT2D eigenvalue weighted by Crippen LogP contribution is 2.44. The first-order chi connectivity index (χ1) is 15.5. The van der Waals surface area contributed by atoms with E-state index in [1.807, 2.05) is 24.3 Å². The molecule has 0 aliphatic heterocycles. The van der Waals surface area contributed by atoms with Crippen LogP contribution in [0.1, 0.15) is 40.7 Å². The van der Waals surface area contributed by atoms with Crippen molar-refractivity contribution in [3.8, 4) is 16.9 Å². The number of benzene rings is 3. The molecule has 0 heterocycles. The van der Waals surface area contributed by atoms with Crippen LogP contribution in [0.4, 0.5) is 4.79 Å². The molecule has 2 atom stereocenters. The molecule has 0 fully saturated rings. The summed E-state index contributed by atoms with van der Waals surface area (Å²) in [7, 11) is 0. The number of rotatable bonds is 7. The molecule has 4 N–H and O–H groups in total. The Morgan fingerprint density at radius 1 is 1.00 bits per heavy atom. The summed E-state index contributed by atoms with van der Waals surface area (Å²) in [6.07, 6.45) is -2.58. The minimum Gasteiger partial charge on any atom is -0.508 e. The molecule has 0 radical (unpaired) electrons. The van der Waals surface area contributed by atoms with Gasteiger partial charge in [-0.3, -0.25) is 0 Å². The predicted molar refractivity (Wildman–Crippen MR) is 121 cm³/mol. The van der Waals surface area contributed by atoms with Crippen molar-refractivity contribution in [2.45, 2.75) is 31.5 Å². The van der Waals surface area contributed by atoms with Gasteiger partial charge in [0.1, 0.15) is 18.5 Å². The summed E-state index contributed by atoms with van der Waals surface area (Å²) in [6.45, 7) is 2.13. The third-order valence-electron chi connectivity index (χ3n) is 5.99. The highest BCUT2D eigenvalue weighted by molar-refractivity contribution is 5.79. The zero-order valence-corrected chi connectivity index (χ0v) is 17.9. The van der Waals surface area contributed by atoms with Crippen LogP contribution in [0.5, 0.6) is 5.75 Å². The minimum absolute atomic E-state index is 0.0157. The number of aryl methyl sites for hydroxylation is 1. The standard InChI is InChI=1S/C26H27NO5/c1-16-14-17(28)10-11-18(16)25(30)24(29)12-13-27-26(31)32-15-23-21-8-4-2-6-19(21)20-7-3-5-9-22(20)23/h2-11,14,23-25,28-30H,12-13,15H2,1H3,(H,27,31). The molecular weight excluding hydrogens is 406 g/mol. The quantitative estimate of drug-likeness (QED) is 0.451. The number of fused-ring (bicyclic) bond motifs is 3. The highest BCUT2D eigenvalue weighted by Gasteiger charge is 2.29. The Balaban J connectivity index is 1.29. The van der Waals surface area contributed by atoms with Gasteiger partial charge in [-0.2, -0.15) is 0 Å². The van der Waals surface area contributed by atoms with Crippen LogP contribution < -0.4 is 5.32 Å². The van der Waals surface area contributed by atoms with E-state index < -0.39 is 18.3 Å². The van der Waals surface area contributed by atoms with Crippen molar-refractivity contribution < 1.29 is 24.9 Å². The number of phenols is 1. The van der Waals surface area contributed by atoms with Gasteiger partial charge < -0.3 is 25.4 Å². The number of aliphatic hydroxyl groups excluding tert-OH is 2. The number of alkyl carbamates (subject to hydrolysis) is 1. The summed E-state index contributed by atoms with van der Waals surface area (Å²) in [5.74, 6) is 0.0860. The van der Waals surface area contributed by atoms with Crippen LogP contribution in [0.2, 0.25) is 0 Å². The first kappa shape index (κ1) is 21.9. The van der Waals surface area contributed by atoms with E-state index in [0.29, 0.717) is 11.1 Å². The van der Waals surface area contributed by atoms with Crippen molar-refractivity contribution in [3.05, 3.63) is 89.0 Å². The molecule has 3 aromatic rings. The number of aromatic hydroxyl groups is 1. The fourth-order valence-electron chi connectivity index (χ4n) is 4.33. The van der Waals surface area contributed by atoms with E-state index in [-0.39, 0.29) is 31.2 Å². The zero-order chi connectivity index (χ0) is 22.7. The maximum Gasteiger partial charge on any atom is 0.407 e. The van der Waals surface area contributed by atoms with Gasteiger partial charge >= 0.3 is 6.09 Å². The SMILES string of the molecule is Cc1cc(O)ccc1C(O)C(O)CCNC(=O)OCC1c2ccccc2-c2ccccc21. The van der Waals surface area contributed by atoms with Crippen molar-refractivity contribution in [1.82, 2.24) is 5.32 Å². The van der Waals surface area contributed by atoms with Gasteiger partial charge in [0, 0.05) is 12.5 Å². The molecule has 0 saturated heterocycles. The number of amides is 1. The Morgan fingerprint density at radius 2 is 1.62 bits per heavy atom. The van der Waals surface area contributed by atoms with Gasteiger partial charge in [0.25, 0.3) is 0 Å². The lowest BCUT2D eigenvalue weighted by Gasteiger charge is -2.20. The average Bonchev–Trinajstić information content (AvgIpc) is 3.11. The smallest absolute Gasteiger partial charge is 0.407 e. The van der Waals surface area contributed by atoms with E-state index in [4.69, 9.17) is 4.74 Å². The second-order valence-corrected chi connectivity index (χ2v) is 8.09. The van der Waals surface area contributed by atoms with Gasteiger partial charge in [0.15, 0.2) is 0 Å². The number of carbonyl (C=O) groups excluding carboxylic acids is 1. The molecule has 6 nitrogen and oxygen atoms in total. The molecule has 0 aromatic heterocycles. The molecule has 166 valence electrons. The van der Waals surface area contributed by atoms with Crippen molar-refractivity contribution in [1.29, 1.82) is 0 Å². The fourth-order valence-corrected chi connectivity index (χ4v) is 4.33. The molecule has 3 aromatic carbocycles. The molecule has 1 aliphatic rings. The van der Waals surface area contributed by atoms with Crippen molar-refractivity contribution >= 4 is 6.09 Å². The topological polar surface area (TPSA) is 99.0 Å². The van der Waals surface area contributed by atoms with Crippen LogP contribution in [-0.4, -0.2) is 40.7 Å². The van der Waals surface area contributed by atoms with Gasteiger partial charge in [0.05, 0.1) is 6.10 Å². The Labute approximate surface area is 187 Å². The van der Waals surface area contributed by atoms with Gasteiger partial charge in [-0.15, -0.1) is 0 Å². The lowest BCUT2D eigenvalue weighted by atomic mass is 9.97. The van der Waals surface area contributed by atoms with Crippen molar-refractivity contribution in [3.63, 3.8) is 0 Å². The van der Waals surface area contributed by atoms with Crippen LogP contribution in [0.3, 0.4) is 0 Å². The first-order valence-corrected chi connectivity index (χ1v) is 10.7. The van der Waals surface area contributed by atoms with Gasteiger partial charge in [-0.1, -0.05) is 54.6 Å². The van der Waals surface area contributed by atoms with Crippen LogP contribution in [-0.2, 0) is 4.74 Å². The average molecular weight is 434 g/mol. The highest BCUT2D eigenvalue weighted by atomic mass is 16.5. The first-order valence-electron chi connectivity index (χ1n) is 10.7. The Kier molecular flexibility index (Phi) is 6.44. The van der Waals surface area contributed by atoms with E-state index >= 15 is 0 Å². The van der Waals surface area contributed by atoms with Gasteiger partial charge in [0.2, 0.25) is 0 Å². The molecule has 32 heavy (non-hydrogen) atoms. The lowest BCUT2D eigenvalue weighted by Crippen LogP contribution is -2.30. The van der Waals surface area contributed by atoms with E-state index in [1.165, 1.54) is 23.3 Å². The molecule has 0 bridgehead atoms. The van der Waals surface area contributed by atoms with Gasteiger partial charge in [-0.25, -0.2) is 4.79 Å². The number of phenolic OH excluding ortho intramolecular Hbond substituents is 1. The van der Waals surface area contributed by atoms with E-state index in [1.54, 1.807) is 13.0 Å². The minimum atomic E-state index is -1.11. The van der Waals surface area contributed by atoms with Gasteiger partial charge in [-0.05, 0) is 58.9 Å². The number of carbonyl (C=O) groups is 1. The van der Waals surface area contributed by atoms with Crippen molar-refractivity contribution in [2.24, 2.45) is 0 Å². The predicted octanol–water partition coefficient (Wildman–Crippen LogP) is 4.02. The Morgan fingerprint density at radius 3 is 2.25 bits per heavy atom. The van der Waals surface area contributed by atoms with Crippen LogP contribution in [0.25, 0.3) is 11.1 Å². The maximum absolute atomic E-state index is 12.2. The molecule has 4 rings (SSSR count). The lowest BCUT2D eigenvalue weighted by molar-refractivity contribution is 0.0133. The Hall–Kier alpha value is -3.35. The third kappa shape index (κ3) is 4.47. The summed E-state index contributed by atoms with van der Waals surface area (Å²) in [5, 5.41) is 32.8. The molecule has 1 aliphatic carbocycles. The molecule has 2 unspecified atom stereocenters. The Bertz CT molecular complexity index is 1070. The third-order valence-corrected chi connectivity index (χ3v) is 5.99. The second-order valence-electron chi connectivity index (χ2n) is 8.09. The van der Waals surface area contributed by atoms with Crippen LogP contribution in [0, 0.1) is 6.92 Å². The normalized spacial score (nSPS) is 14.3.